The largest absolute Gasteiger partial charge is 0.320 e. The zero-order valence-electron chi connectivity index (χ0n) is 10.2. The van der Waals surface area contributed by atoms with Crippen LogP contribution in [-0.4, -0.2) is 13.6 Å². The van der Waals surface area contributed by atoms with Crippen molar-refractivity contribution in [1.82, 2.24) is 5.32 Å². The van der Waals surface area contributed by atoms with Crippen LogP contribution in [0.4, 0.5) is 13.2 Å². The van der Waals surface area contributed by atoms with Gasteiger partial charge in [-0.2, -0.15) is 0 Å². The van der Waals surface area contributed by atoms with Gasteiger partial charge < -0.3 is 5.32 Å². The Bertz CT molecular complexity index is 366. The van der Waals surface area contributed by atoms with E-state index in [2.05, 4.69) is 12.2 Å². The van der Waals surface area contributed by atoms with E-state index in [4.69, 9.17) is 0 Å². The summed E-state index contributed by atoms with van der Waals surface area (Å²) in [6, 6.07) is 1.57. The van der Waals surface area contributed by atoms with E-state index in [1.807, 2.05) is 7.05 Å². The van der Waals surface area contributed by atoms with Crippen molar-refractivity contribution in [2.24, 2.45) is 5.92 Å². The summed E-state index contributed by atoms with van der Waals surface area (Å²) in [6.07, 6.45) is 2.19. The Hall–Kier alpha value is -1.03. The first-order valence-electron chi connectivity index (χ1n) is 5.82. The van der Waals surface area contributed by atoms with Gasteiger partial charge in [0, 0.05) is 6.07 Å². The van der Waals surface area contributed by atoms with Crippen LogP contribution < -0.4 is 5.32 Å². The monoisotopic (exact) mass is 245 g/mol. The fraction of sp³-hybridized carbons (Fsp3) is 0.538. The summed E-state index contributed by atoms with van der Waals surface area (Å²) in [5.74, 6) is -2.35. The van der Waals surface area contributed by atoms with Crippen molar-refractivity contribution in [3.63, 3.8) is 0 Å². The number of aryl methyl sites for hydroxylation is 1. The predicted molar refractivity (Wildman–Crippen MR) is 62.3 cm³/mol. The number of benzene rings is 1. The summed E-state index contributed by atoms with van der Waals surface area (Å²) in [7, 11) is 1.88. The zero-order valence-corrected chi connectivity index (χ0v) is 10.2. The molecule has 0 fully saturated rings. The minimum atomic E-state index is -1.13. The van der Waals surface area contributed by atoms with Crippen LogP contribution in [0.15, 0.2) is 12.1 Å². The molecule has 17 heavy (non-hydrogen) atoms. The van der Waals surface area contributed by atoms with Crippen molar-refractivity contribution in [3.8, 4) is 0 Å². The lowest BCUT2D eigenvalue weighted by atomic mass is 9.98. The van der Waals surface area contributed by atoms with Gasteiger partial charge in [-0.1, -0.05) is 6.92 Å². The molecule has 1 atom stereocenters. The van der Waals surface area contributed by atoms with E-state index >= 15 is 0 Å². The average Bonchev–Trinajstić information content (AvgIpc) is 2.29. The minimum Gasteiger partial charge on any atom is -0.320 e. The lowest BCUT2D eigenvalue weighted by Crippen LogP contribution is -2.12. The molecular weight excluding hydrogens is 227 g/mol. The van der Waals surface area contributed by atoms with Crippen LogP contribution in [0.5, 0.6) is 0 Å². The van der Waals surface area contributed by atoms with E-state index in [0.717, 1.165) is 25.5 Å². The molecule has 0 heterocycles. The Morgan fingerprint density at radius 1 is 1.06 bits per heavy atom. The molecule has 1 unspecified atom stereocenters. The van der Waals surface area contributed by atoms with Crippen LogP contribution in [0.25, 0.3) is 0 Å². The highest BCUT2D eigenvalue weighted by molar-refractivity contribution is 5.20. The fourth-order valence-electron chi connectivity index (χ4n) is 1.69. The van der Waals surface area contributed by atoms with Gasteiger partial charge in [0.2, 0.25) is 0 Å². The van der Waals surface area contributed by atoms with Gasteiger partial charge in [0.05, 0.1) is 0 Å². The molecule has 1 nitrogen and oxygen atoms in total. The Labute approximate surface area is 100 Å². The van der Waals surface area contributed by atoms with Gasteiger partial charge in [0.1, 0.15) is 5.82 Å². The first-order chi connectivity index (χ1) is 8.04. The van der Waals surface area contributed by atoms with Crippen LogP contribution in [0.2, 0.25) is 0 Å². The molecule has 1 aromatic carbocycles. The van der Waals surface area contributed by atoms with Crippen LogP contribution in [-0.2, 0) is 6.42 Å². The molecule has 1 aromatic rings. The highest BCUT2D eigenvalue weighted by Gasteiger charge is 2.11. The van der Waals surface area contributed by atoms with E-state index in [-0.39, 0.29) is 5.56 Å². The zero-order chi connectivity index (χ0) is 12.8. The maximum Gasteiger partial charge on any atom is 0.161 e. The standard InChI is InChI=1S/C13H18F3N/c1-9(5-6-17-2)3-4-10-7-12(15)13(16)8-11(10)14/h7-9,17H,3-6H2,1-2H3. The van der Waals surface area contributed by atoms with Gasteiger partial charge in [-0.3, -0.25) is 0 Å². The quantitative estimate of drug-likeness (QED) is 0.758. The van der Waals surface area contributed by atoms with Crippen LogP contribution in [0.3, 0.4) is 0 Å². The Kier molecular flexibility index (Phi) is 5.48. The molecule has 0 aliphatic carbocycles. The molecule has 1 N–H and O–H groups in total. The second kappa shape index (κ2) is 6.64. The molecule has 0 saturated carbocycles. The van der Waals surface area contributed by atoms with E-state index in [0.29, 0.717) is 18.4 Å². The van der Waals surface area contributed by atoms with Crippen LogP contribution in [0, 0.1) is 23.4 Å². The molecule has 0 amide bonds. The summed E-state index contributed by atoms with van der Waals surface area (Å²) in [5.41, 5.74) is 0.250. The fourth-order valence-corrected chi connectivity index (χ4v) is 1.69. The third-order valence-corrected chi connectivity index (χ3v) is 2.88. The molecule has 0 aromatic heterocycles. The minimum absolute atomic E-state index is 0.250. The smallest absolute Gasteiger partial charge is 0.161 e. The van der Waals surface area contributed by atoms with Crippen LogP contribution >= 0.6 is 0 Å². The summed E-state index contributed by atoms with van der Waals surface area (Å²) < 4.78 is 39.0. The molecular formula is C13H18F3N. The lowest BCUT2D eigenvalue weighted by molar-refractivity contribution is 0.465. The van der Waals surface area contributed by atoms with Crippen molar-refractivity contribution < 1.29 is 13.2 Å². The third kappa shape index (κ3) is 4.38. The normalized spacial score (nSPS) is 12.8. The second-order valence-corrected chi connectivity index (χ2v) is 4.39. The number of rotatable bonds is 6. The van der Waals surface area contributed by atoms with Gasteiger partial charge in [-0.05, 0) is 50.4 Å². The lowest BCUT2D eigenvalue weighted by Gasteiger charge is -2.11. The molecule has 4 heteroatoms. The average molecular weight is 245 g/mol. The molecule has 96 valence electrons. The maximum atomic E-state index is 13.3. The third-order valence-electron chi connectivity index (χ3n) is 2.88. The molecule has 0 spiro atoms. The Morgan fingerprint density at radius 3 is 2.35 bits per heavy atom. The van der Waals surface area contributed by atoms with E-state index in [9.17, 15) is 13.2 Å². The highest BCUT2D eigenvalue weighted by Crippen LogP contribution is 2.18. The molecule has 0 bridgehead atoms. The van der Waals surface area contributed by atoms with Gasteiger partial charge in [-0.15, -0.1) is 0 Å². The van der Waals surface area contributed by atoms with Crippen molar-refractivity contribution in [2.75, 3.05) is 13.6 Å². The highest BCUT2D eigenvalue weighted by atomic mass is 19.2. The Morgan fingerprint density at radius 2 is 1.71 bits per heavy atom. The molecule has 1 rings (SSSR count). The first kappa shape index (κ1) is 14.0. The van der Waals surface area contributed by atoms with Crippen molar-refractivity contribution in [1.29, 1.82) is 0 Å². The van der Waals surface area contributed by atoms with Crippen molar-refractivity contribution >= 4 is 0 Å². The first-order valence-corrected chi connectivity index (χ1v) is 5.82. The predicted octanol–water partition coefficient (Wildman–Crippen LogP) is 3.28. The number of hydrogen-bond donors (Lipinski definition) is 1. The van der Waals surface area contributed by atoms with E-state index < -0.39 is 17.5 Å². The molecule has 0 saturated heterocycles. The number of hydrogen-bond acceptors (Lipinski definition) is 1. The summed E-state index contributed by atoms with van der Waals surface area (Å²) in [6.45, 7) is 2.97. The topological polar surface area (TPSA) is 12.0 Å². The van der Waals surface area contributed by atoms with Gasteiger partial charge in [-0.25, -0.2) is 13.2 Å². The number of nitrogens with one attached hydrogen (secondary N) is 1. The summed E-state index contributed by atoms with van der Waals surface area (Å²) in [4.78, 5) is 0. The van der Waals surface area contributed by atoms with Crippen molar-refractivity contribution in [2.45, 2.75) is 26.2 Å². The van der Waals surface area contributed by atoms with Crippen molar-refractivity contribution in [3.05, 3.63) is 35.1 Å². The van der Waals surface area contributed by atoms with Crippen LogP contribution in [0.1, 0.15) is 25.3 Å². The van der Waals surface area contributed by atoms with Gasteiger partial charge in [0.15, 0.2) is 11.6 Å². The summed E-state index contributed by atoms with van der Waals surface area (Å²) >= 11 is 0. The Balaban J connectivity index is 2.54. The van der Waals surface area contributed by atoms with Gasteiger partial charge >= 0.3 is 0 Å². The summed E-state index contributed by atoms with van der Waals surface area (Å²) in [5, 5.41) is 3.04. The SMILES string of the molecule is CNCCC(C)CCc1cc(F)c(F)cc1F. The molecule has 0 radical (unpaired) electrons. The molecule has 0 aliphatic heterocycles. The number of halogens is 3. The second-order valence-electron chi connectivity index (χ2n) is 4.39. The van der Waals surface area contributed by atoms with Gasteiger partial charge in [0.25, 0.3) is 0 Å². The van der Waals surface area contributed by atoms with E-state index in [1.54, 1.807) is 0 Å². The van der Waals surface area contributed by atoms with E-state index in [1.165, 1.54) is 0 Å². The molecule has 0 aliphatic rings. The maximum absolute atomic E-state index is 13.3.